The number of hydrogen-bond acceptors (Lipinski definition) is 4. The highest BCUT2D eigenvalue weighted by Gasteiger charge is 2.12. The number of nitrogens with zero attached hydrogens (tertiary/aromatic N) is 2. The van der Waals surface area contributed by atoms with Crippen molar-refractivity contribution in [1.82, 2.24) is 9.78 Å². The van der Waals surface area contributed by atoms with Gasteiger partial charge in [0.15, 0.2) is 0 Å². The van der Waals surface area contributed by atoms with E-state index in [0.29, 0.717) is 18.8 Å². The Balaban J connectivity index is 2.92. The Kier molecular flexibility index (Phi) is 5.44. The van der Waals surface area contributed by atoms with Gasteiger partial charge in [-0.05, 0) is 13.3 Å². The molecule has 0 saturated heterocycles. The Morgan fingerprint density at radius 1 is 1.59 bits per heavy atom. The van der Waals surface area contributed by atoms with Gasteiger partial charge in [-0.3, -0.25) is 4.79 Å². The highest BCUT2D eigenvalue weighted by molar-refractivity contribution is 6.32. The van der Waals surface area contributed by atoms with Gasteiger partial charge in [0.05, 0.1) is 18.5 Å². The molecule has 0 amide bonds. The summed E-state index contributed by atoms with van der Waals surface area (Å²) in [6, 6.07) is 0.121. The number of aryl methyl sites for hydroxylation is 1. The van der Waals surface area contributed by atoms with Crippen molar-refractivity contribution in [3.8, 4) is 0 Å². The molecule has 6 heteroatoms. The molecule has 1 unspecified atom stereocenters. The summed E-state index contributed by atoms with van der Waals surface area (Å²) in [5.74, 6) is 0. The minimum absolute atomic E-state index is 0.121. The molecule has 0 aliphatic carbocycles. The molecule has 1 atom stereocenters. The molecule has 0 spiro atoms. The van der Waals surface area contributed by atoms with Crippen molar-refractivity contribution in [2.24, 2.45) is 0 Å². The number of anilines is 1. The minimum Gasteiger partial charge on any atom is -0.383 e. The third-order valence-electron chi connectivity index (χ3n) is 2.50. The van der Waals surface area contributed by atoms with E-state index >= 15 is 0 Å². The number of halogens is 1. The number of hydrogen-bond donors (Lipinski definition) is 1. The van der Waals surface area contributed by atoms with Crippen LogP contribution in [0.25, 0.3) is 0 Å². The maximum atomic E-state index is 11.7. The second-order valence-electron chi connectivity index (χ2n) is 3.70. The van der Waals surface area contributed by atoms with Crippen LogP contribution in [0.5, 0.6) is 0 Å². The molecule has 0 fully saturated rings. The zero-order valence-corrected chi connectivity index (χ0v) is 11.1. The fourth-order valence-electron chi connectivity index (χ4n) is 1.47. The number of aromatic nitrogens is 2. The van der Waals surface area contributed by atoms with E-state index in [4.69, 9.17) is 16.3 Å². The first-order valence-corrected chi connectivity index (χ1v) is 6.02. The average molecular weight is 260 g/mol. The van der Waals surface area contributed by atoms with Crippen LogP contribution in [0.1, 0.15) is 20.3 Å². The molecule has 0 saturated carbocycles. The second kappa shape index (κ2) is 6.61. The van der Waals surface area contributed by atoms with Gasteiger partial charge < -0.3 is 10.1 Å². The zero-order valence-electron chi connectivity index (χ0n) is 10.4. The predicted octanol–water partition coefficient (Wildman–Crippen LogP) is 1.75. The van der Waals surface area contributed by atoms with Crippen LogP contribution in [-0.2, 0) is 11.3 Å². The van der Waals surface area contributed by atoms with Crippen molar-refractivity contribution >= 4 is 17.3 Å². The van der Waals surface area contributed by atoms with Crippen LogP contribution in [-0.4, -0.2) is 29.5 Å². The maximum absolute atomic E-state index is 11.7. The van der Waals surface area contributed by atoms with Gasteiger partial charge in [0.2, 0.25) is 0 Å². The molecular formula is C11H18ClN3O2. The number of rotatable bonds is 6. The highest BCUT2D eigenvalue weighted by Crippen LogP contribution is 2.17. The molecule has 5 nitrogen and oxygen atoms in total. The number of nitrogens with one attached hydrogen (secondary N) is 1. The molecule has 0 radical (unpaired) electrons. The normalized spacial score (nSPS) is 12.5. The summed E-state index contributed by atoms with van der Waals surface area (Å²) in [7, 11) is 1.64. The van der Waals surface area contributed by atoms with E-state index in [-0.39, 0.29) is 16.6 Å². The maximum Gasteiger partial charge on any atom is 0.287 e. The molecule has 96 valence electrons. The molecule has 1 heterocycles. The summed E-state index contributed by atoms with van der Waals surface area (Å²) < 4.78 is 6.40. The average Bonchev–Trinajstić information content (AvgIpc) is 2.34. The van der Waals surface area contributed by atoms with Crippen LogP contribution in [0.15, 0.2) is 11.0 Å². The van der Waals surface area contributed by atoms with Crippen LogP contribution < -0.4 is 10.9 Å². The first kappa shape index (κ1) is 14.0. The van der Waals surface area contributed by atoms with E-state index in [0.717, 1.165) is 6.42 Å². The van der Waals surface area contributed by atoms with Crippen LogP contribution in [0.2, 0.25) is 5.02 Å². The summed E-state index contributed by atoms with van der Waals surface area (Å²) in [4.78, 5) is 11.7. The monoisotopic (exact) mass is 259 g/mol. The molecule has 1 aromatic heterocycles. The molecule has 0 aromatic carbocycles. The van der Waals surface area contributed by atoms with Crippen molar-refractivity contribution < 1.29 is 4.74 Å². The van der Waals surface area contributed by atoms with Gasteiger partial charge in [0.25, 0.3) is 5.56 Å². The van der Waals surface area contributed by atoms with Crippen molar-refractivity contribution in [3.63, 3.8) is 0 Å². The van der Waals surface area contributed by atoms with E-state index in [1.807, 2.05) is 13.8 Å². The van der Waals surface area contributed by atoms with Crippen molar-refractivity contribution in [1.29, 1.82) is 0 Å². The Hall–Kier alpha value is -1.07. The predicted molar refractivity (Wildman–Crippen MR) is 68.8 cm³/mol. The van der Waals surface area contributed by atoms with Crippen LogP contribution >= 0.6 is 11.6 Å². The van der Waals surface area contributed by atoms with Gasteiger partial charge in [-0.15, -0.1) is 0 Å². The van der Waals surface area contributed by atoms with E-state index in [2.05, 4.69) is 10.4 Å². The van der Waals surface area contributed by atoms with E-state index in [1.54, 1.807) is 13.3 Å². The SMILES string of the molecule is CCC(COC)Nc1cnn(CC)c(=O)c1Cl. The largest absolute Gasteiger partial charge is 0.383 e. The highest BCUT2D eigenvalue weighted by atomic mass is 35.5. The van der Waals surface area contributed by atoms with E-state index in [9.17, 15) is 4.79 Å². The Morgan fingerprint density at radius 2 is 2.29 bits per heavy atom. The van der Waals surface area contributed by atoms with Gasteiger partial charge in [-0.1, -0.05) is 18.5 Å². The van der Waals surface area contributed by atoms with E-state index in [1.165, 1.54) is 4.68 Å². The molecule has 1 rings (SSSR count). The van der Waals surface area contributed by atoms with Gasteiger partial charge in [-0.25, -0.2) is 4.68 Å². The Bertz CT molecular complexity index is 420. The fraction of sp³-hybridized carbons (Fsp3) is 0.636. The minimum atomic E-state index is -0.272. The third kappa shape index (κ3) is 3.44. The summed E-state index contributed by atoms with van der Waals surface area (Å²) in [5, 5.41) is 7.36. The summed E-state index contributed by atoms with van der Waals surface area (Å²) >= 11 is 6.00. The molecular weight excluding hydrogens is 242 g/mol. The topological polar surface area (TPSA) is 56.1 Å². The lowest BCUT2D eigenvalue weighted by Crippen LogP contribution is -2.28. The molecule has 0 aliphatic rings. The van der Waals surface area contributed by atoms with Crippen LogP contribution in [0.3, 0.4) is 0 Å². The summed E-state index contributed by atoms with van der Waals surface area (Å²) in [6.07, 6.45) is 2.45. The van der Waals surface area contributed by atoms with Gasteiger partial charge in [0, 0.05) is 19.7 Å². The first-order valence-electron chi connectivity index (χ1n) is 5.65. The molecule has 0 aliphatic heterocycles. The quantitative estimate of drug-likeness (QED) is 0.846. The molecule has 1 N–H and O–H groups in total. The zero-order chi connectivity index (χ0) is 12.8. The lowest BCUT2D eigenvalue weighted by atomic mass is 10.2. The van der Waals surface area contributed by atoms with E-state index < -0.39 is 0 Å². The van der Waals surface area contributed by atoms with Crippen molar-refractivity contribution in [2.75, 3.05) is 19.0 Å². The standard InChI is InChI=1S/C11H18ClN3O2/c1-4-8(7-17-3)14-9-6-13-15(5-2)11(16)10(9)12/h6,8,14H,4-5,7H2,1-3H3. The van der Waals surface area contributed by atoms with Crippen molar-refractivity contribution in [2.45, 2.75) is 32.9 Å². The van der Waals surface area contributed by atoms with Gasteiger partial charge in [-0.2, -0.15) is 5.10 Å². The Labute approximate surface area is 106 Å². The Morgan fingerprint density at radius 3 is 2.82 bits per heavy atom. The second-order valence-corrected chi connectivity index (χ2v) is 4.08. The third-order valence-corrected chi connectivity index (χ3v) is 2.87. The van der Waals surface area contributed by atoms with Crippen LogP contribution in [0, 0.1) is 0 Å². The van der Waals surface area contributed by atoms with Crippen LogP contribution in [0.4, 0.5) is 5.69 Å². The molecule has 17 heavy (non-hydrogen) atoms. The lowest BCUT2D eigenvalue weighted by molar-refractivity contribution is 0.184. The summed E-state index contributed by atoms with van der Waals surface area (Å²) in [6.45, 7) is 4.95. The lowest BCUT2D eigenvalue weighted by Gasteiger charge is -2.18. The summed E-state index contributed by atoms with van der Waals surface area (Å²) in [5.41, 5.74) is 0.289. The number of methoxy groups -OCH3 is 1. The molecule has 1 aromatic rings. The first-order chi connectivity index (χ1) is 8.13. The fourth-order valence-corrected chi connectivity index (χ4v) is 1.67. The number of ether oxygens (including phenoxy) is 1. The van der Waals surface area contributed by atoms with Crippen molar-refractivity contribution in [3.05, 3.63) is 21.6 Å². The smallest absolute Gasteiger partial charge is 0.287 e. The van der Waals surface area contributed by atoms with Gasteiger partial charge in [0.1, 0.15) is 5.02 Å². The van der Waals surface area contributed by atoms with Gasteiger partial charge >= 0.3 is 0 Å². The molecule has 0 bridgehead atoms.